The third kappa shape index (κ3) is 7.44. The highest BCUT2D eigenvalue weighted by atomic mass is 32.2. The molecule has 1 heterocycles. The number of carbonyl (C=O) groups is 2. The maximum absolute atomic E-state index is 12.3. The van der Waals surface area contributed by atoms with E-state index in [-0.39, 0.29) is 29.1 Å². The lowest BCUT2D eigenvalue weighted by molar-refractivity contribution is -0.153. The molecular formula is C20H18F3N3O3S2. The summed E-state index contributed by atoms with van der Waals surface area (Å²) in [5.41, 5.74) is 2.26. The maximum atomic E-state index is 12.3. The zero-order valence-electron chi connectivity index (χ0n) is 16.3. The quantitative estimate of drug-likeness (QED) is 0.493. The Hall–Kier alpha value is -2.79. The van der Waals surface area contributed by atoms with Gasteiger partial charge in [-0.25, -0.2) is 4.98 Å². The number of anilines is 2. The molecule has 0 atom stereocenters. The summed E-state index contributed by atoms with van der Waals surface area (Å²) in [7, 11) is 0. The summed E-state index contributed by atoms with van der Waals surface area (Å²) in [6.07, 6.45) is -4.42. The third-order valence-corrected chi connectivity index (χ3v) is 5.64. The number of carbonyl (C=O) groups excluding carboxylic acids is 2. The maximum Gasteiger partial charge on any atom is 0.422 e. The van der Waals surface area contributed by atoms with Crippen LogP contribution in [0.5, 0.6) is 5.75 Å². The second kappa shape index (κ2) is 10.0. The number of nitrogens with one attached hydrogen (secondary N) is 2. The Morgan fingerprint density at radius 1 is 1.10 bits per heavy atom. The van der Waals surface area contributed by atoms with Gasteiger partial charge in [0.15, 0.2) is 11.7 Å². The van der Waals surface area contributed by atoms with E-state index in [0.717, 1.165) is 28.7 Å². The van der Waals surface area contributed by atoms with Gasteiger partial charge in [0.25, 0.3) is 0 Å². The van der Waals surface area contributed by atoms with Crippen LogP contribution in [-0.2, 0) is 9.59 Å². The molecule has 0 saturated carbocycles. The van der Waals surface area contributed by atoms with Gasteiger partial charge >= 0.3 is 6.18 Å². The molecule has 6 nitrogen and oxygen atoms in total. The van der Waals surface area contributed by atoms with Gasteiger partial charge in [0, 0.05) is 5.69 Å². The Labute approximate surface area is 184 Å². The number of hydrogen-bond donors (Lipinski definition) is 2. The standard InChI is InChI=1S/C20H18F3N3O3S2/c1-12-3-2-4-13(7-12)24-17(27)9-30-10-18(28)26-19-25-15-6-5-14(8-16(15)31-19)29-11-20(21,22)23/h2-8H,9-11H2,1H3,(H,24,27)(H,25,26,28). The Kier molecular flexibility index (Phi) is 7.39. The molecule has 0 unspecified atom stereocenters. The first kappa shape index (κ1) is 22.9. The number of halogens is 3. The topological polar surface area (TPSA) is 80.3 Å². The van der Waals surface area contributed by atoms with Crippen molar-refractivity contribution < 1.29 is 27.5 Å². The molecule has 0 aliphatic rings. The third-order valence-electron chi connectivity index (χ3n) is 3.78. The van der Waals surface area contributed by atoms with E-state index < -0.39 is 12.8 Å². The fourth-order valence-corrected chi connectivity index (χ4v) is 4.05. The van der Waals surface area contributed by atoms with Crippen LogP contribution in [0, 0.1) is 6.92 Å². The van der Waals surface area contributed by atoms with E-state index in [0.29, 0.717) is 21.0 Å². The van der Waals surface area contributed by atoms with Crippen molar-refractivity contribution in [3.63, 3.8) is 0 Å². The van der Waals surface area contributed by atoms with Gasteiger partial charge in [-0.1, -0.05) is 23.5 Å². The van der Waals surface area contributed by atoms with Crippen molar-refractivity contribution in [2.45, 2.75) is 13.1 Å². The van der Waals surface area contributed by atoms with Crippen LogP contribution < -0.4 is 15.4 Å². The summed E-state index contributed by atoms with van der Waals surface area (Å²) in [4.78, 5) is 28.3. The number of amides is 2. The summed E-state index contributed by atoms with van der Waals surface area (Å²) < 4.78 is 42.1. The molecule has 0 aliphatic heterocycles. The minimum Gasteiger partial charge on any atom is -0.484 e. The summed E-state index contributed by atoms with van der Waals surface area (Å²) >= 11 is 2.28. The first-order valence-corrected chi connectivity index (χ1v) is 11.0. The molecule has 0 saturated heterocycles. The molecule has 0 spiro atoms. The highest BCUT2D eigenvalue weighted by molar-refractivity contribution is 8.00. The Morgan fingerprint density at radius 3 is 2.55 bits per heavy atom. The van der Waals surface area contributed by atoms with Crippen LogP contribution in [0.2, 0.25) is 0 Å². The van der Waals surface area contributed by atoms with Gasteiger partial charge < -0.3 is 15.4 Å². The molecule has 31 heavy (non-hydrogen) atoms. The normalized spacial score (nSPS) is 11.4. The Balaban J connectivity index is 1.47. The molecule has 1 aromatic heterocycles. The van der Waals surface area contributed by atoms with E-state index in [1.165, 1.54) is 18.2 Å². The van der Waals surface area contributed by atoms with E-state index in [9.17, 15) is 22.8 Å². The van der Waals surface area contributed by atoms with Crippen molar-refractivity contribution in [2.24, 2.45) is 0 Å². The predicted octanol–water partition coefficient (Wildman–Crippen LogP) is 4.86. The number of rotatable bonds is 8. The number of aromatic nitrogens is 1. The number of nitrogens with zero attached hydrogens (tertiary/aromatic N) is 1. The van der Waals surface area contributed by atoms with Crippen molar-refractivity contribution in [1.82, 2.24) is 4.98 Å². The summed E-state index contributed by atoms with van der Waals surface area (Å²) in [5.74, 6) is -0.310. The molecule has 0 fully saturated rings. The Bertz CT molecular complexity index is 1090. The fourth-order valence-electron chi connectivity index (χ4n) is 2.53. The van der Waals surface area contributed by atoms with Crippen molar-refractivity contribution in [3.05, 3.63) is 48.0 Å². The van der Waals surface area contributed by atoms with Crippen molar-refractivity contribution in [3.8, 4) is 5.75 Å². The van der Waals surface area contributed by atoms with Gasteiger partial charge in [0.1, 0.15) is 5.75 Å². The molecule has 0 radical (unpaired) electrons. The molecule has 2 amide bonds. The van der Waals surface area contributed by atoms with Gasteiger partial charge in [0.2, 0.25) is 11.8 Å². The minimum atomic E-state index is -4.42. The molecule has 3 aromatic rings. The Morgan fingerprint density at radius 2 is 1.84 bits per heavy atom. The first-order valence-electron chi connectivity index (χ1n) is 9.02. The average Bonchev–Trinajstić information content (AvgIpc) is 3.07. The van der Waals surface area contributed by atoms with Gasteiger partial charge in [-0.2, -0.15) is 13.2 Å². The van der Waals surface area contributed by atoms with E-state index >= 15 is 0 Å². The number of thioether (sulfide) groups is 1. The van der Waals surface area contributed by atoms with E-state index in [2.05, 4.69) is 15.6 Å². The lowest BCUT2D eigenvalue weighted by Gasteiger charge is -2.08. The van der Waals surface area contributed by atoms with E-state index in [1.807, 2.05) is 25.1 Å². The molecule has 164 valence electrons. The van der Waals surface area contributed by atoms with Gasteiger partial charge in [-0.05, 0) is 42.8 Å². The summed E-state index contributed by atoms with van der Waals surface area (Å²) in [6, 6.07) is 11.8. The predicted molar refractivity (Wildman–Crippen MR) is 117 cm³/mol. The molecule has 2 N–H and O–H groups in total. The van der Waals surface area contributed by atoms with Gasteiger partial charge in [-0.15, -0.1) is 11.8 Å². The number of alkyl halides is 3. The lowest BCUT2D eigenvalue weighted by atomic mass is 10.2. The highest BCUT2D eigenvalue weighted by Gasteiger charge is 2.28. The van der Waals surface area contributed by atoms with Crippen LogP contribution in [-0.4, -0.2) is 41.1 Å². The van der Waals surface area contributed by atoms with Gasteiger partial charge in [0.05, 0.1) is 21.7 Å². The molecule has 11 heteroatoms. The van der Waals surface area contributed by atoms with Crippen LogP contribution in [0.15, 0.2) is 42.5 Å². The molecule has 0 bridgehead atoms. The monoisotopic (exact) mass is 469 g/mol. The van der Waals surface area contributed by atoms with Crippen molar-refractivity contribution >= 4 is 55.9 Å². The SMILES string of the molecule is Cc1cccc(NC(=O)CSCC(=O)Nc2nc3ccc(OCC(F)(F)F)cc3s2)c1. The fraction of sp³-hybridized carbons (Fsp3) is 0.250. The number of ether oxygens (including phenoxy) is 1. The van der Waals surface area contributed by atoms with Crippen molar-refractivity contribution in [2.75, 3.05) is 28.7 Å². The minimum absolute atomic E-state index is 0.0527. The molecule has 2 aromatic carbocycles. The van der Waals surface area contributed by atoms with Crippen molar-refractivity contribution in [1.29, 1.82) is 0 Å². The number of thiazole rings is 1. The highest BCUT2D eigenvalue weighted by Crippen LogP contribution is 2.30. The number of fused-ring (bicyclic) bond motifs is 1. The molecule has 3 rings (SSSR count). The van der Waals surface area contributed by atoms with Crippen LogP contribution in [0.3, 0.4) is 0 Å². The van der Waals surface area contributed by atoms with Crippen LogP contribution in [0.4, 0.5) is 24.0 Å². The second-order valence-corrected chi connectivity index (χ2v) is 8.53. The largest absolute Gasteiger partial charge is 0.484 e. The average molecular weight is 470 g/mol. The number of aryl methyl sites for hydroxylation is 1. The summed E-state index contributed by atoms with van der Waals surface area (Å²) in [6.45, 7) is 0.544. The smallest absolute Gasteiger partial charge is 0.422 e. The first-order chi connectivity index (χ1) is 14.7. The second-order valence-electron chi connectivity index (χ2n) is 6.51. The van der Waals surface area contributed by atoms with Crippen LogP contribution in [0.1, 0.15) is 5.56 Å². The van der Waals surface area contributed by atoms with Crippen LogP contribution >= 0.6 is 23.1 Å². The summed E-state index contributed by atoms with van der Waals surface area (Å²) in [5, 5.41) is 5.72. The lowest BCUT2D eigenvalue weighted by Crippen LogP contribution is -2.19. The number of hydrogen-bond acceptors (Lipinski definition) is 6. The molecular weight excluding hydrogens is 451 g/mol. The van der Waals surface area contributed by atoms with Gasteiger partial charge in [-0.3, -0.25) is 9.59 Å². The molecule has 0 aliphatic carbocycles. The van der Waals surface area contributed by atoms with E-state index in [1.54, 1.807) is 6.07 Å². The zero-order valence-corrected chi connectivity index (χ0v) is 17.9. The zero-order chi connectivity index (χ0) is 22.4. The van der Waals surface area contributed by atoms with E-state index in [4.69, 9.17) is 4.74 Å². The number of benzene rings is 2. The van der Waals surface area contributed by atoms with Crippen LogP contribution in [0.25, 0.3) is 10.2 Å².